The topological polar surface area (TPSA) is 90.9 Å². The summed E-state index contributed by atoms with van der Waals surface area (Å²) in [6.45, 7) is 1.66. The molecule has 1 aliphatic rings. The van der Waals surface area contributed by atoms with Crippen LogP contribution in [0.1, 0.15) is 18.4 Å². The quantitative estimate of drug-likeness (QED) is 0.362. The number of hydrogen-bond donors (Lipinski definition) is 2. The SMILES string of the molecule is CN=C(NCCS(C)(=O)=O)NCc1ccc(N2CCCC2=O)cc1.I. The summed E-state index contributed by atoms with van der Waals surface area (Å²) in [5, 5.41) is 6.10. The number of guanidine groups is 1. The second kappa shape index (κ2) is 9.95. The van der Waals surface area contributed by atoms with Gasteiger partial charge >= 0.3 is 0 Å². The molecule has 1 aliphatic heterocycles. The summed E-state index contributed by atoms with van der Waals surface area (Å²) >= 11 is 0. The van der Waals surface area contributed by atoms with E-state index in [1.165, 1.54) is 6.26 Å². The van der Waals surface area contributed by atoms with Gasteiger partial charge in [0.1, 0.15) is 9.84 Å². The molecule has 1 fully saturated rings. The molecule has 0 aromatic heterocycles. The molecular formula is C16H25IN4O3S. The number of aliphatic imine (C=N–C) groups is 1. The second-order valence-corrected chi connectivity index (χ2v) is 8.06. The molecule has 25 heavy (non-hydrogen) atoms. The molecule has 0 radical (unpaired) electrons. The summed E-state index contributed by atoms with van der Waals surface area (Å²) in [6, 6.07) is 7.83. The lowest BCUT2D eigenvalue weighted by Gasteiger charge is -2.16. The van der Waals surface area contributed by atoms with Crippen molar-refractivity contribution in [3.8, 4) is 0 Å². The van der Waals surface area contributed by atoms with Crippen LogP contribution in [0.3, 0.4) is 0 Å². The third-order valence-corrected chi connectivity index (χ3v) is 4.72. The van der Waals surface area contributed by atoms with Crippen LogP contribution in [0.2, 0.25) is 0 Å². The summed E-state index contributed by atoms with van der Waals surface area (Å²) in [6.07, 6.45) is 2.74. The predicted octanol–water partition coefficient (Wildman–Crippen LogP) is 1.14. The Bertz CT molecular complexity index is 705. The van der Waals surface area contributed by atoms with Crippen LogP contribution in [0.5, 0.6) is 0 Å². The minimum Gasteiger partial charge on any atom is -0.355 e. The molecule has 140 valence electrons. The van der Waals surface area contributed by atoms with Gasteiger partial charge in [-0.15, -0.1) is 24.0 Å². The van der Waals surface area contributed by atoms with Crippen LogP contribution in [0.25, 0.3) is 0 Å². The molecular weight excluding hydrogens is 455 g/mol. The maximum absolute atomic E-state index is 11.7. The average Bonchev–Trinajstić information content (AvgIpc) is 2.96. The van der Waals surface area contributed by atoms with Crippen LogP contribution in [0, 0.1) is 0 Å². The number of rotatable bonds is 6. The summed E-state index contributed by atoms with van der Waals surface area (Å²) in [5.41, 5.74) is 1.98. The number of halogens is 1. The third kappa shape index (κ3) is 7.18. The van der Waals surface area contributed by atoms with Crippen molar-refractivity contribution in [2.24, 2.45) is 4.99 Å². The fourth-order valence-electron chi connectivity index (χ4n) is 2.48. The van der Waals surface area contributed by atoms with Crippen molar-refractivity contribution in [1.82, 2.24) is 10.6 Å². The summed E-state index contributed by atoms with van der Waals surface area (Å²) in [4.78, 5) is 17.6. The van der Waals surface area contributed by atoms with E-state index >= 15 is 0 Å². The zero-order valence-electron chi connectivity index (χ0n) is 14.5. The Morgan fingerprint density at radius 3 is 2.44 bits per heavy atom. The first-order chi connectivity index (χ1) is 11.4. The molecule has 2 rings (SSSR count). The van der Waals surface area contributed by atoms with Gasteiger partial charge in [0.2, 0.25) is 5.91 Å². The first-order valence-electron chi connectivity index (χ1n) is 7.90. The van der Waals surface area contributed by atoms with Crippen LogP contribution < -0.4 is 15.5 Å². The molecule has 0 saturated carbocycles. The third-order valence-electron chi connectivity index (χ3n) is 3.77. The Hall–Kier alpha value is -1.36. The lowest BCUT2D eigenvalue weighted by molar-refractivity contribution is -0.117. The van der Waals surface area contributed by atoms with Crippen molar-refractivity contribution in [3.63, 3.8) is 0 Å². The van der Waals surface area contributed by atoms with E-state index in [1.807, 2.05) is 29.2 Å². The molecule has 0 atom stereocenters. The molecule has 1 saturated heterocycles. The van der Waals surface area contributed by atoms with E-state index in [2.05, 4.69) is 15.6 Å². The molecule has 0 unspecified atom stereocenters. The van der Waals surface area contributed by atoms with E-state index in [0.717, 1.165) is 24.2 Å². The highest BCUT2D eigenvalue weighted by molar-refractivity contribution is 14.0. The Labute approximate surface area is 166 Å². The highest BCUT2D eigenvalue weighted by Crippen LogP contribution is 2.21. The number of nitrogens with one attached hydrogen (secondary N) is 2. The van der Waals surface area contributed by atoms with Gasteiger partial charge in [-0.1, -0.05) is 12.1 Å². The zero-order valence-corrected chi connectivity index (χ0v) is 17.6. The monoisotopic (exact) mass is 480 g/mol. The Morgan fingerprint density at radius 2 is 1.92 bits per heavy atom. The van der Waals surface area contributed by atoms with Crippen LogP contribution >= 0.6 is 24.0 Å². The van der Waals surface area contributed by atoms with Gasteiger partial charge in [-0.25, -0.2) is 8.42 Å². The molecule has 7 nitrogen and oxygen atoms in total. The lowest BCUT2D eigenvalue weighted by Crippen LogP contribution is -2.39. The summed E-state index contributed by atoms with van der Waals surface area (Å²) < 4.78 is 22.2. The molecule has 0 spiro atoms. The number of anilines is 1. The molecule has 9 heteroatoms. The van der Waals surface area contributed by atoms with E-state index < -0.39 is 9.84 Å². The molecule has 1 heterocycles. The lowest BCUT2D eigenvalue weighted by atomic mass is 10.2. The zero-order chi connectivity index (χ0) is 17.6. The number of nitrogens with zero attached hydrogens (tertiary/aromatic N) is 2. The number of sulfone groups is 1. The highest BCUT2D eigenvalue weighted by Gasteiger charge is 2.21. The van der Waals surface area contributed by atoms with Gasteiger partial charge in [0.15, 0.2) is 5.96 Å². The molecule has 0 bridgehead atoms. The number of amides is 1. The van der Waals surface area contributed by atoms with Crippen molar-refractivity contribution in [2.75, 3.05) is 37.0 Å². The van der Waals surface area contributed by atoms with Crippen LogP contribution in [0.15, 0.2) is 29.3 Å². The summed E-state index contributed by atoms with van der Waals surface area (Å²) in [5.74, 6) is 0.792. The van der Waals surface area contributed by atoms with Crippen molar-refractivity contribution in [2.45, 2.75) is 19.4 Å². The van der Waals surface area contributed by atoms with E-state index in [0.29, 0.717) is 25.5 Å². The van der Waals surface area contributed by atoms with E-state index in [-0.39, 0.29) is 35.6 Å². The van der Waals surface area contributed by atoms with Crippen LogP contribution in [-0.2, 0) is 21.2 Å². The van der Waals surface area contributed by atoms with Gasteiger partial charge in [-0.05, 0) is 24.1 Å². The number of carbonyl (C=O) groups excluding carboxylic acids is 1. The summed E-state index contributed by atoms with van der Waals surface area (Å²) in [7, 11) is -1.35. The highest BCUT2D eigenvalue weighted by atomic mass is 127. The molecule has 1 aromatic rings. The number of hydrogen-bond acceptors (Lipinski definition) is 4. The van der Waals surface area contributed by atoms with Gasteiger partial charge in [0.05, 0.1) is 5.75 Å². The minimum atomic E-state index is -2.99. The molecule has 1 amide bonds. The van der Waals surface area contributed by atoms with Crippen molar-refractivity contribution in [1.29, 1.82) is 0 Å². The minimum absolute atomic E-state index is 0. The van der Waals surface area contributed by atoms with Crippen LogP contribution in [-0.4, -0.2) is 52.4 Å². The average molecular weight is 480 g/mol. The smallest absolute Gasteiger partial charge is 0.227 e. The predicted molar refractivity (Wildman–Crippen MR) is 111 cm³/mol. The van der Waals surface area contributed by atoms with Crippen LogP contribution in [0.4, 0.5) is 5.69 Å². The van der Waals surface area contributed by atoms with Gasteiger partial charge in [-0.3, -0.25) is 9.79 Å². The van der Waals surface area contributed by atoms with E-state index in [1.54, 1.807) is 7.05 Å². The van der Waals surface area contributed by atoms with Crippen molar-refractivity contribution in [3.05, 3.63) is 29.8 Å². The first kappa shape index (κ1) is 21.7. The maximum Gasteiger partial charge on any atom is 0.227 e. The van der Waals surface area contributed by atoms with Crippen molar-refractivity contribution >= 4 is 51.4 Å². The maximum atomic E-state index is 11.7. The second-order valence-electron chi connectivity index (χ2n) is 5.80. The standard InChI is InChI=1S/C16H24N4O3S.HI/c1-17-16(18-9-11-24(2,22)23)19-12-13-5-7-14(8-6-13)20-10-3-4-15(20)21;/h5-8H,3-4,9-12H2,1-2H3,(H2,17,18,19);1H. The fraction of sp³-hybridized carbons (Fsp3) is 0.500. The number of benzene rings is 1. The molecule has 0 aliphatic carbocycles. The van der Waals surface area contributed by atoms with Gasteiger partial charge < -0.3 is 15.5 Å². The normalized spacial score (nSPS) is 15.0. The Balaban J connectivity index is 0.00000312. The van der Waals surface area contributed by atoms with Crippen molar-refractivity contribution < 1.29 is 13.2 Å². The molecule has 2 N–H and O–H groups in total. The fourth-order valence-corrected chi connectivity index (χ4v) is 2.95. The Kier molecular flexibility index (Phi) is 8.63. The van der Waals surface area contributed by atoms with Gasteiger partial charge in [-0.2, -0.15) is 0 Å². The first-order valence-corrected chi connectivity index (χ1v) is 9.96. The Morgan fingerprint density at radius 1 is 1.24 bits per heavy atom. The number of carbonyl (C=O) groups is 1. The largest absolute Gasteiger partial charge is 0.355 e. The van der Waals surface area contributed by atoms with Gasteiger partial charge in [0, 0.05) is 45.0 Å². The van der Waals surface area contributed by atoms with E-state index in [9.17, 15) is 13.2 Å². The van der Waals surface area contributed by atoms with Gasteiger partial charge in [0.25, 0.3) is 0 Å². The van der Waals surface area contributed by atoms with E-state index in [4.69, 9.17) is 0 Å². The molecule has 1 aromatic carbocycles.